The molecular weight excluding hydrogens is 242 g/mol. The van der Waals surface area contributed by atoms with E-state index in [-0.39, 0.29) is 11.4 Å². The normalized spacial score (nSPS) is 17.2. The van der Waals surface area contributed by atoms with E-state index in [1.807, 2.05) is 6.07 Å². The Morgan fingerprint density at radius 2 is 2.16 bits per heavy atom. The van der Waals surface area contributed by atoms with E-state index in [0.29, 0.717) is 12.2 Å². The zero-order chi connectivity index (χ0) is 13.7. The summed E-state index contributed by atoms with van der Waals surface area (Å²) in [5.41, 5.74) is 0.383. The molecule has 0 spiro atoms. The van der Waals surface area contributed by atoms with Crippen LogP contribution in [0.1, 0.15) is 24.3 Å². The highest BCUT2D eigenvalue weighted by atomic mass is 16.5. The van der Waals surface area contributed by atoms with E-state index in [4.69, 9.17) is 4.74 Å². The third-order valence-electron chi connectivity index (χ3n) is 3.45. The number of nitrogens with zero attached hydrogens (tertiary/aromatic N) is 2. The molecule has 2 rings (SSSR count). The highest BCUT2D eigenvalue weighted by Gasteiger charge is 2.28. The minimum Gasteiger partial charge on any atom is -0.379 e. The van der Waals surface area contributed by atoms with Crippen molar-refractivity contribution in [2.24, 2.45) is 0 Å². The number of rotatable bonds is 4. The Hall–Kier alpha value is -1.46. The molecule has 0 aliphatic carbocycles. The van der Waals surface area contributed by atoms with Crippen LogP contribution in [0.15, 0.2) is 24.4 Å². The number of nitrogens with one attached hydrogen (secondary N) is 1. The summed E-state index contributed by atoms with van der Waals surface area (Å²) in [5, 5.41) is 2.95. The van der Waals surface area contributed by atoms with Gasteiger partial charge in [-0.3, -0.25) is 14.7 Å². The van der Waals surface area contributed by atoms with E-state index in [1.54, 1.807) is 18.3 Å². The predicted molar refractivity (Wildman–Crippen MR) is 73.0 cm³/mol. The van der Waals surface area contributed by atoms with Crippen molar-refractivity contribution in [1.82, 2.24) is 15.2 Å². The molecule has 1 aliphatic rings. The maximum atomic E-state index is 12.0. The van der Waals surface area contributed by atoms with Crippen LogP contribution >= 0.6 is 0 Å². The van der Waals surface area contributed by atoms with Gasteiger partial charge in [0.2, 0.25) is 0 Å². The number of morpholine rings is 1. The van der Waals surface area contributed by atoms with Gasteiger partial charge in [0.1, 0.15) is 5.69 Å². The first-order valence-electron chi connectivity index (χ1n) is 6.62. The standard InChI is InChI=1S/C14H21N3O2/c1-14(2,17-7-9-19-10-8-17)11-16-13(18)12-5-3-4-6-15-12/h3-6H,7-11H2,1-2H3,(H,16,18). The average molecular weight is 263 g/mol. The molecule has 0 aromatic carbocycles. The highest BCUT2D eigenvalue weighted by Crippen LogP contribution is 2.15. The summed E-state index contributed by atoms with van der Waals surface area (Å²) < 4.78 is 5.35. The molecule has 2 heterocycles. The second kappa shape index (κ2) is 6.12. The Labute approximate surface area is 114 Å². The van der Waals surface area contributed by atoms with Gasteiger partial charge in [0.25, 0.3) is 5.91 Å². The van der Waals surface area contributed by atoms with Crippen molar-refractivity contribution in [3.05, 3.63) is 30.1 Å². The van der Waals surface area contributed by atoms with E-state index in [2.05, 4.69) is 29.0 Å². The number of pyridine rings is 1. The molecule has 1 aromatic rings. The molecule has 5 nitrogen and oxygen atoms in total. The fourth-order valence-corrected chi connectivity index (χ4v) is 2.16. The van der Waals surface area contributed by atoms with Gasteiger partial charge in [0, 0.05) is 31.4 Å². The van der Waals surface area contributed by atoms with Gasteiger partial charge in [-0.2, -0.15) is 0 Å². The fourth-order valence-electron chi connectivity index (χ4n) is 2.16. The Bertz CT molecular complexity index is 414. The fraction of sp³-hybridized carbons (Fsp3) is 0.571. The lowest BCUT2D eigenvalue weighted by molar-refractivity contribution is -0.00924. The van der Waals surface area contributed by atoms with Crippen molar-refractivity contribution < 1.29 is 9.53 Å². The van der Waals surface area contributed by atoms with Crippen molar-refractivity contribution in [2.75, 3.05) is 32.8 Å². The molecule has 0 saturated carbocycles. The second-order valence-corrected chi connectivity index (χ2v) is 5.31. The summed E-state index contributed by atoms with van der Waals surface area (Å²) >= 11 is 0. The minimum absolute atomic E-state index is 0.0752. The molecule has 0 bridgehead atoms. The van der Waals surface area contributed by atoms with Crippen LogP contribution < -0.4 is 5.32 Å². The summed E-state index contributed by atoms with van der Waals surface area (Å²) in [6, 6.07) is 5.33. The third kappa shape index (κ3) is 3.75. The molecule has 1 aliphatic heterocycles. The van der Waals surface area contributed by atoms with Gasteiger partial charge in [0.05, 0.1) is 13.2 Å². The van der Waals surface area contributed by atoms with Gasteiger partial charge in [-0.25, -0.2) is 0 Å². The van der Waals surface area contributed by atoms with Gasteiger partial charge in [0.15, 0.2) is 0 Å². The van der Waals surface area contributed by atoms with Crippen molar-refractivity contribution in [1.29, 1.82) is 0 Å². The van der Waals surface area contributed by atoms with E-state index in [0.717, 1.165) is 26.3 Å². The largest absolute Gasteiger partial charge is 0.379 e. The second-order valence-electron chi connectivity index (χ2n) is 5.31. The SMILES string of the molecule is CC(C)(CNC(=O)c1ccccn1)N1CCOCC1. The molecule has 19 heavy (non-hydrogen) atoms. The Morgan fingerprint density at radius 3 is 2.79 bits per heavy atom. The third-order valence-corrected chi connectivity index (χ3v) is 3.45. The van der Waals surface area contributed by atoms with E-state index < -0.39 is 0 Å². The molecule has 0 radical (unpaired) electrons. The minimum atomic E-state index is -0.123. The number of hydrogen-bond acceptors (Lipinski definition) is 4. The van der Waals surface area contributed by atoms with Crippen LogP contribution in [-0.2, 0) is 4.74 Å². The van der Waals surface area contributed by atoms with E-state index in [1.165, 1.54) is 0 Å². The van der Waals surface area contributed by atoms with Crippen molar-refractivity contribution in [3.8, 4) is 0 Å². The van der Waals surface area contributed by atoms with Crippen molar-refractivity contribution in [2.45, 2.75) is 19.4 Å². The molecule has 104 valence electrons. The summed E-state index contributed by atoms with van der Waals surface area (Å²) in [7, 11) is 0. The maximum absolute atomic E-state index is 12.0. The highest BCUT2D eigenvalue weighted by molar-refractivity contribution is 5.92. The van der Waals surface area contributed by atoms with Gasteiger partial charge in [-0.05, 0) is 26.0 Å². The monoisotopic (exact) mass is 263 g/mol. The number of hydrogen-bond donors (Lipinski definition) is 1. The first-order chi connectivity index (χ1) is 9.09. The summed E-state index contributed by atoms with van der Waals surface area (Å²) in [4.78, 5) is 18.3. The first kappa shape index (κ1) is 14.0. The van der Waals surface area contributed by atoms with E-state index >= 15 is 0 Å². The lowest BCUT2D eigenvalue weighted by Crippen LogP contribution is -2.55. The number of ether oxygens (including phenoxy) is 1. The van der Waals surface area contributed by atoms with Gasteiger partial charge in [-0.1, -0.05) is 6.07 Å². The summed E-state index contributed by atoms with van der Waals surface area (Å²) in [5.74, 6) is -0.123. The Kier molecular flexibility index (Phi) is 4.50. The molecule has 1 fully saturated rings. The zero-order valence-corrected chi connectivity index (χ0v) is 11.6. The molecule has 1 aromatic heterocycles. The number of carbonyl (C=O) groups is 1. The van der Waals surface area contributed by atoms with Crippen LogP contribution in [0.2, 0.25) is 0 Å². The predicted octanol–water partition coefficient (Wildman–Crippen LogP) is 0.922. The average Bonchev–Trinajstić information content (AvgIpc) is 2.47. The van der Waals surface area contributed by atoms with Crippen molar-refractivity contribution >= 4 is 5.91 Å². The molecule has 1 amide bonds. The van der Waals surface area contributed by atoms with Crippen LogP contribution in [0.5, 0.6) is 0 Å². The van der Waals surface area contributed by atoms with Crippen LogP contribution in [0.25, 0.3) is 0 Å². The number of amides is 1. The summed E-state index contributed by atoms with van der Waals surface area (Å²) in [6.45, 7) is 8.21. The quantitative estimate of drug-likeness (QED) is 0.878. The molecule has 0 unspecified atom stereocenters. The van der Waals surface area contributed by atoms with Gasteiger partial charge >= 0.3 is 0 Å². The number of carbonyl (C=O) groups excluding carboxylic acids is 1. The zero-order valence-electron chi connectivity index (χ0n) is 11.6. The molecule has 1 N–H and O–H groups in total. The van der Waals surface area contributed by atoms with Gasteiger partial charge < -0.3 is 10.1 Å². The summed E-state index contributed by atoms with van der Waals surface area (Å²) in [6.07, 6.45) is 1.63. The molecule has 5 heteroatoms. The lowest BCUT2D eigenvalue weighted by atomic mass is 10.0. The number of aromatic nitrogens is 1. The lowest BCUT2D eigenvalue weighted by Gasteiger charge is -2.40. The molecule has 1 saturated heterocycles. The van der Waals surface area contributed by atoms with Crippen LogP contribution in [0, 0.1) is 0 Å². The smallest absolute Gasteiger partial charge is 0.269 e. The van der Waals surface area contributed by atoms with E-state index in [9.17, 15) is 4.79 Å². The molecular formula is C14H21N3O2. The first-order valence-corrected chi connectivity index (χ1v) is 6.62. The van der Waals surface area contributed by atoms with Gasteiger partial charge in [-0.15, -0.1) is 0 Å². The van der Waals surface area contributed by atoms with Crippen molar-refractivity contribution in [3.63, 3.8) is 0 Å². The van der Waals surface area contributed by atoms with Crippen LogP contribution in [0.4, 0.5) is 0 Å². The maximum Gasteiger partial charge on any atom is 0.269 e. The van der Waals surface area contributed by atoms with Crippen LogP contribution in [-0.4, -0.2) is 54.2 Å². The topological polar surface area (TPSA) is 54.5 Å². The molecule has 0 atom stereocenters. The van der Waals surface area contributed by atoms with Crippen LogP contribution in [0.3, 0.4) is 0 Å². The Balaban J connectivity index is 1.88. The Morgan fingerprint density at radius 1 is 1.42 bits per heavy atom.